The van der Waals surface area contributed by atoms with Crippen molar-refractivity contribution in [3.05, 3.63) is 0 Å². The number of carbonyl (C=O) groups excluding carboxylic acids is 2. The second-order valence-corrected chi connectivity index (χ2v) is 9.51. The van der Waals surface area contributed by atoms with E-state index in [4.69, 9.17) is 14.6 Å². The van der Waals surface area contributed by atoms with Crippen LogP contribution in [0.4, 0.5) is 0 Å². The summed E-state index contributed by atoms with van der Waals surface area (Å²) in [4.78, 5) is 35.3. The quantitative estimate of drug-likeness (QED) is 0.415. The lowest BCUT2D eigenvalue weighted by atomic mass is 10.1. The number of aliphatic carboxylic acids is 1. The molecular weight excluding hydrogens is 416 g/mol. The lowest BCUT2D eigenvalue weighted by molar-refractivity contribution is -0.137. The zero-order valence-electron chi connectivity index (χ0n) is 16.7. The highest BCUT2D eigenvalue weighted by atomic mass is 32.2. The van der Waals surface area contributed by atoms with Crippen molar-refractivity contribution in [3.8, 4) is 0 Å². The van der Waals surface area contributed by atoms with Gasteiger partial charge in [0.2, 0.25) is 11.8 Å². The molecule has 2 aliphatic heterocycles. The predicted molar refractivity (Wildman–Crippen MR) is 114 cm³/mol. The number of hydrogen-bond acceptors (Lipinski definition) is 7. The second kappa shape index (κ2) is 14.1. The van der Waals surface area contributed by atoms with Crippen LogP contribution in [0.3, 0.4) is 0 Å². The van der Waals surface area contributed by atoms with Gasteiger partial charge in [-0.05, 0) is 44.9 Å². The third-order valence-electron chi connectivity index (χ3n) is 4.69. The zero-order valence-corrected chi connectivity index (χ0v) is 18.4. The molecule has 0 bridgehead atoms. The first-order valence-corrected chi connectivity index (χ1v) is 12.4. The van der Waals surface area contributed by atoms with Crippen molar-refractivity contribution in [3.63, 3.8) is 0 Å². The number of rotatable bonds is 12. The Balaban J connectivity index is 1.68. The van der Waals surface area contributed by atoms with Crippen LogP contribution in [0.15, 0.2) is 0 Å². The predicted octanol–water partition coefficient (Wildman–Crippen LogP) is 1.97. The molecule has 0 aliphatic carbocycles. The molecule has 2 aliphatic rings. The summed E-state index contributed by atoms with van der Waals surface area (Å²) < 4.78 is 11.2. The third-order valence-corrected chi connectivity index (χ3v) is 7.04. The molecule has 29 heavy (non-hydrogen) atoms. The maximum absolute atomic E-state index is 12.2. The van der Waals surface area contributed by atoms with Crippen LogP contribution in [0.1, 0.15) is 51.4 Å². The van der Waals surface area contributed by atoms with E-state index in [0.717, 1.165) is 51.7 Å². The standard InChI is InChI=1S/C19H32N2O6S2/c22-15(12-28-18-5-1-3-9-26-18)20-11-14(7-8-17(24)25)21-16(23)13-29-19-6-2-4-10-27-19/h14,18-19H,1-13H2,(H,20,22)(H,21,23)(H,24,25). The summed E-state index contributed by atoms with van der Waals surface area (Å²) in [5.74, 6) is -0.677. The molecule has 3 N–H and O–H groups in total. The minimum Gasteiger partial charge on any atom is -0.481 e. The molecular formula is C19H32N2O6S2. The molecule has 0 spiro atoms. The summed E-state index contributed by atoms with van der Waals surface area (Å²) in [7, 11) is 0. The first kappa shape index (κ1) is 24.3. The lowest BCUT2D eigenvalue weighted by Crippen LogP contribution is -2.45. The van der Waals surface area contributed by atoms with Crippen LogP contribution in [0.2, 0.25) is 0 Å². The van der Waals surface area contributed by atoms with Gasteiger partial charge in [0.05, 0.1) is 11.5 Å². The number of hydrogen-bond donors (Lipinski definition) is 3. The van der Waals surface area contributed by atoms with Crippen LogP contribution in [0, 0.1) is 0 Å². The van der Waals surface area contributed by atoms with Gasteiger partial charge in [0.25, 0.3) is 0 Å². The molecule has 3 unspecified atom stereocenters. The minimum absolute atomic E-state index is 0.0469. The Morgan fingerprint density at radius 3 is 2.03 bits per heavy atom. The number of carboxylic acid groups (broad SMARTS) is 1. The van der Waals surface area contributed by atoms with Crippen molar-refractivity contribution in [2.45, 2.75) is 68.3 Å². The smallest absolute Gasteiger partial charge is 0.303 e. The van der Waals surface area contributed by atoms with Gasteiger partial charge >= 0.3 is 5.97 Å². The average molecular weight is 449 g/mol. The Morgan fingerprint density at radius 2 is 1.52 bits per heavy atom. The summed E-state index contributed by atoms with van der Waals surface area (Å²) in [6.45, 7) is 1.69. The monoisotopic (exact) mass is 448 g/mol. The van der Waals surface area contributed by atoms with Gasteiger partial charge in [0.15, 0.2) is 0 Å². The van der Waals surface area contributed by atoms with E-state index in [2.05, 4.69) is 10.6 Å². The summed E-state index contributed by atoms with van der Waals surface area (Å²) in [6.07, 6.45) is 6.46. The highest BCUT2D eigenvalue weighted by Crippen LogP contribution is 2.23. The molecule has 0 radical (unpaired) electrons. The molecule has 166 valence electrons. The number of ether oxygens (including phenoxy) is 2. The summed E-state index contributed by atoms with van der Waals surface area (Å²) in [6, 6.07) is -0.411. The molecule has 2 amide bonds. The van der Waals surface area contributed by atoms with E-state index in [1.165, 1.54) is 23.5 Å². The van der Waals surface area contributed by atoms with Crippen molar-refractivity contribution in [1.29, 1.82) is 0 Å². The van der Waals surface area contributed by atoms with E-state index >= 15 is 0 Å². The summed E-state index contributed by atoms with van der Waals surface area (Å²) >= 11 is 2.95. The van der Waals surface area contributed by atoms with E-state index in [1.54, 1.807) is 0 Å². The first-order chi connectivity index (χ1) is 14.0. The Morgan fingerprint density at radius 1 is 0.931 bits per heavy atom. The van der Waals surface area contributed by atoms with Gasteiger partial charge < -0.3 is 25.2 Å². The molecule has 2 rings (SSSR count). The number of carboxylic acids is 1. The average Bonchev–Trinajstić information content (AvgIpc) is 2.74. The topological polar surface area (TPSA) is 114 Å². The van der Waals surface area contributed by atoms with Gasteiger partial charge in [0.1, 0.15) is 10.9 Å². The fourth-order valence-corrected chi connectivity index (χ4v) is 5.01. The molecule has 2 fully saturated rings. The van der Waals surface area contributed by atoms with Crippen molar-refractivity contribution in [2.75, 3.05) is 31.3 Å². The number of thioether (sulfide) groups is 2. The largest absolute Gasteiger partial charge is 0.481 e. The van der Waals surface area contributed by atoms with Gasteiger partial charge in [-0.1, -0.05) is 0 Å². The van der Waals surface area contributed by atoms with E-state index in [0.29, 0.717) is 5.75 Å². The van der Waals surface area contributed by atoms with Crippen LogP contribution in [0.5, 0.6) is 0 Å². The Bertz CT molecular complexity index is 525. The van der Waals surface area contributed by atoms with Crippen molar-refractivity contribution < 1.29 is 29.0 Å². The molecule has 0 aromatic carbocycles. The number of nitrogens with one attached hydrogen (secondary N) is 2. The molecule has 0 saturated carbocycles. The van der Waals surface area contributed by atoms with Crippen LogP contribution < -0.4 is 10.6 Å². The van der Waals surface area contributed by atoms with Gasteiger partial charge in [-0.2, -0.15) is 0 Å². The normalized spacial score (nSPS) is 23.2. The van der Waals surface area contributed by atoms with Gasteiger partial charge in [0, 0.05) is 32.2 Å². The zero-order chi connectivity index (χ0) is 20.9. The maximum atomic E-state index is 12.2. The highest BCUT2D eigenvalue weighted by Gasteiger charge is 2.20. The summed E-state index contributed by atoms with van der Waals surface area (Å²) in [5.41, 5.74) is 0.113. The van der Waals surface area contributed by atoms with E-state index in [-0.39, 0.29) is 47.8 Å². The van der Waals surface area contributed by atoms with Crippen LogP contribution in [0.25, 0.3) is 0 Å². The molecule has 3 atom stereocenters. The van der Waals surface area contributed by atoms with Crippen LogP contribution >= 0.6 is 23.5 Å². The lowest BCUT2D eigenvalue weighted by Gasteiger charge is -2.23. The molecule has 8 nitrogen and oxygen atoms in total. The van der Waals surface area contributed by atoms with E-state index < -0.39 is 12.0 Å². The van der Waals surface area contributed by atoms with Gasteiger partial charge in [-0.15, -0.1) is 23.5 Å². The second-order valence-electron chi connectivity index (χ2n) is 7.22. The Hall–Kier alpha value is -0.970. The van der Waals surface area contributed by atoms with Crippen LogP contribution in [-0.2, 0) is 23.9 Å². The van der Waals surface area contributed by atoms with Crippen molar-refractivity contribution in [1.82, 2.24) is 10.6 Å². The molecule has 2 saturated heterocycles. The Labute approximate surface area is 180 Å². The minimum atomic E-state index is -0.925. The highest BCUT2D eigenvalue weighted by molar-refractivity contribution is 8.00. The fraction of sp³-hybridized carbons (Fsp3) is 0.842. The van der Waals surface area contributed by atoms with Crippen molar-refractivity contribution in [2.24, 2.45) is 0 Å². The molecule has 10 heteroatoms. The third kappa shape index (κ3) is 11.1. The summed E-state index contributed by atoms with van der Waals surface area (Å²) in [5, 5.41) is 14.6. The number of carbonyl (C=O) groups is 3. The molecule has 2 heterocycles. The first-order valence-electron chi connectivity index (χ1n) is 10.3. The Kier molecular flexibility index (Phi) is 11.8. The van der Waals surface area contributed by atoms with Crippen molar-refractivity contribution >= 4 is 41.3 Å². The van der Waals surface area contributed by atoms with E-state index in [9.17, 15) is 14.4 Å². The van der Waals surface area contributed by atoms with Crippen LogP contribution in [-0.4, -0.2) is 71.1 Å². The number of amides is 2. The fourth-order valence-electron chi connectivity index (χ4n) is 3.10. The van der Waals surface area contributed by atoms with Gasteiger partial charge in [-0.3, -0.25) is 14.4 Å². The molecule has 0 aromatic heterocycles. The molecule has 0 aromatic rings. The van der Waals surface area contributed by atoms with Gasteiger partial charge in [-0.25, -0.2) is 0 Å². The SMILES string of the molecule is O=C(O)CCC(CNC(=O)CSC1CCCCO1)NC(=O)CSC1CCCCO1. The maximum Gasteiger partial charge on any atom is 0.303 e. The van der Waals surface area contributed by atoms with E-state index in [1.807, 2.05) is 0 Å².